The highest BCUT2D eigenvalue weighted by Crippen LogP contribution is 2.44. The zero-order chi connectivity index (χ0) is 32.3. The van der Waals surface area contributed by atoms with Crippen LogP contribution in [0.3, 0.4) is 0 Å². The molecule has 0 unspecified atom stereocenters. The third-order valence-electron chi connectivity index (χ3n) is 9.95. The Hall–Kier alpha value is -6.51. The summed E-state index contributed by atoms with van der Waals surface area (Å²) in [6.45, 7) is 0. The molecule has 49 heavy (non-hydrogen) atoms. The normalized spacial score (nSPS) is 11.7. The Morgan fingerprint density at radius 2 is 0.918 bits per heavy atom. The van der Waals surface area contributed by atoms with Crippen molar-refractivity contribution in [3.63, 3.8) is 0 Å². The van der Waals surface area contributed by atoms with Gasteiger partial charge in [0, 0.05) is 38.4 Å². The summed E-state index contributed by atoms with van der Waals surface area (Å²) in [4.78, 5) is 5.19. The van der Waals surface area contributed by atoms with Gasteiger partial charge in [-0.05, 0) is 63.0 Å². The molecule has 2 aromatic heterocycles. The van der Waals surface area contributed by atoms with Crippen LogP contribution in [0, 0.1) is 0 Å². The number of para-hydroxylation sites is 1. The minimum Gasteiger partial charge on any atom is -0.309 e. The average molecular weight is 623 g/mol. The van der Waals surface area contributed by atoms with Gasteiger partial charge in [-0.15, -0.1) is 0 Å². The van der Waals surface area contributed by atoms with E-state index in [0.717, 1.165) is 33.8 Å². The van der Waals surface area contributed by atoms with Crippen molar-refractivity contribution in [2.45, 2.75) is 0 Å². The van der Waals surface area contributed by atoms with E-state index in [1.54, 1.807) is 0 Å². The molecule has 2 heterocycles. The van der Waals surface area contributed by atoms with E-state index < -0.39 is 0 Å². The van der Waals surface area contributed by atoms with Crippen LogP contribution >= 0.6 is 0 Å². The number of fused-ring (bicyclic) bond motifs is 10. The Kier molecular flexibility index (Phi) is 6.22. The first kappa shape index (κ1) is 27.6. The van der Waals surface area contributed by atoms with Gasteiger partial charge in [-0.3, -0.25) is 0 Å². The van der Waals surface area contributed by atoms with Gasteiger partial charge in [-0.25, -0.2) is 4.98 Å². The van der Waals surface area contributed by atoms with Gasteiger partial charge in [-0.2, -0.15) is 0 Å². The third kappa shape index (κ3) is 4.38. The molecule has 10 rings (SSSR count). The van der Waals surface area contributed by atoms with Crippen molar-refractivity contribution in [2.24, 2.45) is 0 Å². The lowest BCUT2D eigenvalue weighted by molar-refractivity contribution is 1.19. The van der Waals surface area contributed by atoms with Crippen LogP contribution in [0.5, 0.6) is 0 Å². The maximum absolute atomic E-state index is 5.19. The SMILES string of the molecule is c1ccc(-c2cc(-c3ccccc3)nc(-c3ccc(-n4c5ccccc5c5c6c7ccccc7ccc6c6ccccc6c54)cc3)c2)cc1. The molecule has 0 bridgehead atoms. The second-order valence-corrected chi connectivity index (χ2v) is 12.7. The first-order chi connectivity index (χ1) is 24.3. The Morgan fingerprint density at radius 3 is 1.65 bits per heavy atom. The van der Waals surface area contributed by atoms with E-state index in [1.165, 1.54) is 59.7 Å². The Bertz CT molecular complexity index is 2790. The predicted molar refractivity (Wildman–Crippen MR) is 207 cm³/mol. The average Bonchev–Trinajstić information content (AvgIpc) is 3.54. The van der Waals surface area contributed by atoms with Crippen molar-refractivity contribution in [3.8, 4) is 39.3 Å². The van der Waals surface area contributed by atoms with E-state index in [4.69, 9.17) is 4.98 Å². The van der Waals surface area contributed by atoms with Crippen molar-refractivity contribution in [1.29, 1.82) is 0 Å². The zero-order valence-electron chi connectivity index (χ0n) is 26.7. The van der Waals surface area contributed by atoms with Crippen molar-refractivity contribution in [3.05, 3.63) is 182 Å². The standard InChI is InChI=1S/C47H30N2/c1-3-13-31(14-4-1)35-29-42(33-16-5-2-6-17-33)48-43(30-35)34-23-26-36(27-24-34)49-44-22-12-11-21-41(44)46-45-37-18-8-7-15-32(37)25-28-39(45)38-19-9-10-20-40(38)47(46)49/h1-30H. The maximum Gasteiger partial charge on any atom is 0.0715 e. The van der Waals surface area contributed by atoms with Gasteiger partial charge in [0.15, 0.2) is 0 Å². The molecular weight excluding hydrogens is 593 g/mol. The van der Waals surface area contributed by atoms with E-state index in [9.17, 15) is 0 Å². The summed E-state index contributed by atoms with van der Waals surface area (Å²) < 4.78 is 2.46. The van der Waals surface area contributed by atoms with Gasteiger partial charge in [0.2, 0.25) is 0 Å². The van der Waals surface area contributed by atoms with Crippen LogP contribution in [0.25, 0.3) is 93.5 Å². The van der Waals surface area contributed by atoms with E-state index in [0.29, 0.717) is 0 Å². The van der Waals surface area contributed by atoms with Gasteiger partial charge in [0.05, 0.1) is 22.4 Å². The minimum atomic E-state index is 0.955. The molecule has 0 atom stereocenters. The first-order valence-electron chi connectivity index (χ1n) is 16.8. The van der Waals surface area contributed by atoms with Crippen LogP contribution in [-0.2, 0) is 0 Å². The summed E-state index contributed by atoms with van der Waals surface area (Å²) in [7, 11) is 0. The summed E-state index contributed by atoms with van der Waals surface area (Å²) in [6.07, 6.45) is 0. The molecule has 0 saturated carbocycles. The number of hydrogen-bond acceptors (Lipinski definition) is 1. The van der Waals surface area contributed by atoms with Gasteiger partial charge >= 0.3 is 0 Å². The molecule has 0 saturated heterocycles. The van der Waals surface area contributed by atoms with Crippen molar-refractivity contribution in [1.82, 2.24) is 9.55 Å². The monoisotopic (exact) mass is 622 g/mol. The fraction of sp³-hybridized carbons (Fsp3) is 0. The van der Waals surface area contributed by atoms with Crippen LogP contribution in [0.2, 0.25) is 0 Å². The number of hydrogen-bond donors (Lipinski definition) is 0. The highest BCUT2D eigenvalue weighted by Gasteiger charge is 2.20. The summed E-state index contributed by atoms with van der Waals surface area (Å²) in [6, 6.07) is 65.4. The smallest absolute Gasteiger partial charge is 0.0715 e. The molecule has 8 aromatic carbocycles. The first-order valence-corrected chi connectivity index (χ1v) is 16.8. The molecule has 0 aliphatic rings. The van der Waals surface area contributed by atoms with E-state index in [2.05, 4.69) is 180 Å². The van der Waals surface area contributed by atoms with E-state index in [-0.39, 0.29) is 0 Å². The molecule has 0 spiro atoms. The number of pyridine rings is 1. The van der Waals surface area contributed by atoms with Gasteiger partial charge in [0.25, 0.3) is 0 Å². The second kappa shape index (κ2) is 11.0. The molecule has 2 heteroatoms. The summed E-state index contributed by atoms with van der Waals surface area (Å²) in [5, 5.41) is 10.2. The lowest BCUT2D eigenvalue weighted by atomic mass is 9.93. The Balaban J connectivity index is 1.22. The molecule has 0 N–H and O–H groups in total. The number of nitrogens with zero attached hydrogens (tertiary/aromatic N) is 2. The number of benzene rings is 8. The maximum atomic E-state index is 5.19. The third-order valence-corrected chi connectivity index (χ3v) is 9.95. The zero-order valence-corrected chi connectivity index (χ0v) is 26.7. The number of aromatic nitrogens is 2. The van der Waals surface area contributed by atoms with E-state index in [1.807, 2.05) is 6.07 Å². The van der Waals surface area contributed by atoms with Crippen LogP contribution in [0.1, 0.15) is 0 Å². The highest BCUT2D eigenvalue weighted by atomic mass is 15.0. The molecule has 0 aliphatic carbocycles. The summed E-state index contributed by atoms with van der Waals surface area (Å²) in [5.41, 5.74) is 10.0. The van der Waals surface area contributed by atoms with Crippen LogP contribution < -0.4 is 0 Å². The largest absolute Gasteiger partial charge is 0.309 e. The molecule has 2 nitrogen and oxygen atoms in total. The lowest BCUT2D eigenvalue weighted by Crippen LogP contribution is -1.96. The topological polar surface area (TPSA) is 17.8 Å². The minimum absolute atomic E-state index is 0.955. The molecule has 228 valence electrons. The van der Waals surface area contributed by atoms with Crippen LogP contribution in [-0.4, -0.2) is 9.55 Å². The van der Waals surface area contributed by atoms with Gasteiger partial charge in [0.1, 0.15) is 0 Å². The van der Waals surface area contributed by atoms with E-state index >= 15 is 0 Å². The molecule has 0 radical (unpaired) electrons. The fourth-order valence-corrected chi connectivity index (χ4v) is 7.72. The van der Waals surface area contributed by atoms with Crippen LogP contribution in [0.15, 0.2) is 182 Å². The summed E-state index contributed by atoms with van der Waals surface area (Å²) >= 11 is 0. The second-order valence-electron chi connectivity index (χ2n) is 12.7. The van der Waals surface area contributed by atoms with Crippen LogP contribution in [0.4, 0.5) is 0 Å². The molecule has 0 fully saturated rings. The fourth-order valence-electron chi connectivity index (χ4n) is 7.72. The predicted octanol–water partition coefficient (Wildman–Crippen LogP) is 12.6. The van der Waals surface area contributed by atoms with Gasteiger partial charge < -0.3 is 4.57 Å². The molecule has 0 aliphatic heterocycles. The highest BCUT2D eigenvalue weighted by molar-refractivity contribution is 6.36. The van der Waals surface area contributed by atoms with Crippen molar-refractivity contribution in [2.75, 3.05) is 0 Å². The van der Waals surface area contributed by atoms with Crippen molar-refractivity contribution < 1.29 is 0 Å². The number of rotatable bonds is 4. The van der Waals surface area contributed by atoms with Crippen molar-refractivity contribution >= 4 is 54.1 Å². The van der Waals surface area contributed by atoms with Gasteiger partial charge in [-0.1, -0.05) is 152 Å². The lowest BCUT2D eigenvalue weighted by Gasteiger charge is -2.14. The quantitative estimate of drug-likeness (QED) is 0.179. The molecular formula is C47H30N2. The Morgan fingerprint density at radius 1 is 0.347 bits per heavy atom. The molecule has 0 amide bonds. The summed E-state index contributed by atoms with van der Waals surface area (Å²) in [5.74, 6) is 0. The Labute approximate surface area is 284 Å². The molecule has 10 aromatic rings.